The van der Waals surface area contributed by atoms with Gasteiger partial charge in [-0.05, 0) is 30.7 Å². The van der Waals surface area contributed by atoms with Crippen LogP contribution in [0.2, 0.25) is 5.02 Å². The molecule has 0 radical (unpaired) electrons. The van der Waals surface area contributed by atoms with Crippen molar-refractivity contribution in [1.82, 2.24) is 9.78 Å². The lowest BCUT2D eigenvalue weighted by Crippen LogP contribution is -2.02. The van der Waals surface area contributed by atoms with Crippen LogP contribution in [0.4, 0.5) is 5.82 Å². The van der Waals surface area contributed by atoms with E-state index >= 15 is 0 Å². The molecule has 0 aliphatic carbocycles. The van der Waals surface area contributed by atoms with Crippen molar-refractivity contribution in [3.63, 3.8) is 0 Å². The van der Waals surface area contributed by atoms with Gasteiger partial charge in [0.05, 0.1) is 11.4 Å². The first-order valence-corrected chi connectivity index (χ1v) is 5.58. The second kappa shape index (κ2) is 4.48. The molecule has 0 bridgehead atoms. The Labute approximate surface area is 104 Å². The Morgan fingerprint density at radius 1 is 1.41 bits per heavy atom. The fraction of sp³-hybridized carbons (Fsp3) is 0.167. The molecule has 4 nitrogen and oxygen atoms in total. The van der Waals surface area contributed by atoms with Gasteiger partial charge >= 0.3 is 0 Å². The van der Waals surface area contributed by atoms with Gasteiger partial charge in [0.1, 0.15) is 17.5 Å². The van der Waals surface area contributed by atoms with Crippen molar-refractivity contribution in [3.8, 4) is 11.8 Å². The van der Waals surface area contributed by atoms with Crippen molar-refractivity contribution >= 4 is 17.4 Å². The first-order chi connectivity index (χ1) is 8.17. The number of anilines is 1. The molecule has 0 spiro atoms. The first-order valence-electron chi connectivity index (χ1n) is 5.20. The third kappa shape index (κ3) is 1.97. The van der Waals surface area contributed by atoms with Gasteiger partial charge in [-0.3, -0.25) is 0 Å². The zero-order chi connectivity index (χ0) is 12.4. The largest absolute Gasteiger partial charge is 0.382 e. The Balaban J connectivity index is 2.57. The molecular formula is C12H11ClN4. The van der Waals surface area contributed by atoms with Crippen molar-refractivity contribution in [2.45, 2.75) is 13.3 Å². The van der Waals surface area contributed by atoms with Gasteiger partial charge in [-0.15, -0.1) is 0 Å². The molecule has 0 atom stereocenters. The second-order valence-electron chi connectivity index (χ2n) is 3.56. The molecule has 0 saturated heterocycles. The molecule has 1 aromatic carbocycles. The standard InChI is InChI=1S/C12H11ClN4/c1-2-11-10(7-14)12(15)17(16-11)9-5-3-8(13)4-6-9/h3-6H,2,15H2,1H3. The molecule has 2 aromatic rings. The number of halogens is 1. The summed E-state index contributed by atoms with van der Waals surface area (Å²) in [6.07, 6.45) is 0.674. The molecule has 0 saturated carbocycles. The van der Waals surface area contributed by atoms with Gasteiger partial charge in [0, 0.05) is 5.02 Å². The summed E-state index contributed by atoms with van der Waals surface area (Å²) < 4.78 is 1.56. The number of nitrogens with zero attached hydrogens (tertiary/aromatic N) is 3. The number of benzene rings is 1. The molecule has 86 valence electrons. The van der Waals surface area contributed by atoms with Crippen molar-refractivity contribution in [2.75, 3.05) is 5.73 Å². The third-order valence-corrected chi connectivity index (χ3v) is 2.76. The maximum Gasteiger partial charge on any atom is 0.145 e. The number of nitriles is 1. The molecular weight excluding hydrogens is 236 g/mol. The number of aromatic nitrogens is 2. The van der Waals surface area contributed by atoms with E-state index in [0.29, 0.717) is 28.5 Å². The monoisotopic (exact) mass is 246 g/mol. The van der Waals surface area contributed by atoms with E-state index in [-0.39, 0.29) is 0 Å². The van der Waals surface area contributed by atoms with E-state index < -0.39 is 0 Å². The number of nitrogen functional groups attached to an aromatic ring is 1. The summed E-state index contributed by atoms with van der Waals surface area (Å²) in [5.74, 6) is 0.367. The van der Waals surface area contributed by atoms with Crippen LogP contribution in [0.25, 0.3) is 5.69 Å². The van der Waals surface area contributed by atoms with Crippen LogP contribution in [0, 0.1) is 11.3 Å². The van der Waals surface area contributed by atoms with E-state index in [0.717, 1.165) is 5.69 Å². The van der Waals surface area contributed by atoms with Crippen molar-refractivity contribution < 1.29 is 0 Å². The number of nitrogens with two attached hydrogens (primary N) is 1. The summed E-state index contributed by atoms with van der Waals surface area (Å²) >= 11 is 5.82. The Kier molecular flexibility index (Phi) is 3.03. The molecule has 1 aromatic heterocycles. The van der Waals surface area contributed by atoms with Gasteiger partial charge in [-0.1, -0.05) is 18.5 Å². The maximum absolute atomic E-state index is 9.03. The maximum atomic E-state index is 9.03. The lowest BCUT2D eigenvalue weighted by Gasteiger charge is -2.03. The fourth-order valence-electron chi connectivity index (χ4n) is 1.63. The Bertz CT molecular complexity index is 578. The third-order valence-electron chi connectivity index (χ3n) is 2.51. The normalized spacial score (nSPS) is 10.2. The number of hydrogen-bond donors (Lipinski definition) is 1. The highest BCUT2D eigenvalue weighted by Gasteiger charge is 2.14. The topological polar surface area (TPSA) is 67.6 Å². The summed E-state index contributed by atoms with van der Waals surface area (Å²) in [6, 6.07) is 9.22. The van der Waals surface area contributed by atoms with Crippen LogP contribution in [0.5, 0.6) is 0 Å². The molecule has 0 fully saturated rings. The van der Waals surface area contributed by atoms with Crippen LogP contribution in [-0.4, -0.2) is 9.78 Å². The zero-order valence-corrected chi connectivity index (χ0v) is 10.1. The lowest BCUT2D eigenvalue weighted by molar-refractivity contribution is 0.849. The summed E-state index contributed by atoms with van der Waals surface area (Å²) in [5, 5.41) is 14.0. The molecule has 17 heavy (non-hydrogen) atoms. The average molecular weight is 247 g/mol. The average Bonchev–Trinajstić information content (AvgIpc) is 2.66. The van der Waals surface area contributed by atoms with Crippen LogP contribution >= 0.6 is 11.6 Å². The Hall–Kier alpha value is -1.99. The second-order valence-corrected chi connectivity index (χ2v) is 4.00. The van der Waals surface area contributed by atoms with E-state index in [1.54, 1.807) is 16.8 Å². The van der Waals surface area contributed by atoms with Crippen LogP contribution < -0.4 is 5.73 Å². The SMILES string of the molecule is CCc1nn(-c2ccc(Cl)cc2)c(N)c1C#N. The summed E-state index contributed by atoms with van der Waals surface area (Å²) in [5.41, 5.74) is 7.85. The smallest absolute Gasteiger partial charge is 0.145 e. The van der Waals surface area contributed by atoms with Crippen molar-refractivity contribution in [1.29, 1.82) is 5.26 Å². The first kappa shape index (κ1) is 11.5. The Morgan fingerprint density at radius 3 is 2.53 bits per heavy atom. The van der Waals surface area contributed by atoms with Gasteiger partial charge in [-0.25, -0.2) is 4.68 Å². The zero-order valence-electron chi connectivity index (χ0n) is 9.31. The van der Waals surface area contributed by atoms with Crippen LogP contribution in [0.15, 0.2) is 24.3 Å². The number of aryl methyl sites for hydroxylation is 1. The van der Waals surface area contributed by atoms with Crippen LogP contribution in [0.3, 0.4) is 0 Å². The minimum atomic E-state index is 0.367. The van der Waals surface area contributed by atoms with Gasteiger partial charge in [-0.2, -0.15) is 10.4 Å². The predicted octanol–water partition coefficient (Wildman–Crippen LogP) is 2.54. The van der Waals surface area contributed by atoms with Crippen LogP contribution in [0.1, 0.15) is 18.2 Å². The minimum absolute atomic E-state index is 0.367. The van der Waals surface area contributed by atoms with E-state index in [1.165, 1.54) is 0 Å². The van der Waals surface area contributed by atoms with Gasteiger partial charge < -0.3 is 5.73 Å². The highest BCUT2D eigenvalue weighted by molar-refractivity contribution is 6.30. The molecule has 0 amide bonds. The van der Waals surface area contributed by atoms with E-state index in [1.807, 2.05) is 19.1 Å². The molecule has 0 unspecified atom stereocenters. The highest BCUT2D eigenvalue weighted by atomic mass is 35.5. The van der Waals surface area contributed by atoms with Crippen molar-refractivity contribution in [2.24, 2.45) is 0 Å². The lowest BCUT2D eigenvalue weighted by atomic mass is 10.2. The van der Waals surface area contributed by atoms with Crippen LogP contribution in [-0.2, 0) is 6.42 Å². The summed E-state index contributed by atoms with van der Waals surface area (Å²) in [7, 11) is 0. The summed E-state index contributed by atoms with van der Waals surface area (Å²) in [6.45, 7) is 1.94. The van der Waals surface area contributed by atoms with Crippen molar-refractivity contribution in [3.05, 3.63) is 40.5 Å². The molecule has 1 heterocycles. The number of hydrogen-bond acceptors (Lipinski definition) is 3. The van der Waals surface area contributed by atoms with E-state index in [4.69, 9.17) is 22.6 Å². The van der Waals surface area contributed by atoms with Gasteiger partial charge in [0.15, 0.2) is 0 Å². The quantitative estimate of drug-likeness (QED) is 0.885. The highest BCUT2D eigenvalue weighted by Crippen LogP contribution is 2.21. The molecule has 2 rings (SSSR count). The molecule has 5 heteroatoms. The van der Waals surface area contributed by atoms with E-state index in [9.17, 15) is 0 Å². The minimum Gasteiger partial charge on any atom is -0.382 e. The van der Waals surface area contributed by atoms with E-state index in [2.05, 4.69) is 11.2 Å². The number of rotatable bonds is 2. The van der Waals surface area contributed by atoms with Gasteiger partial charge in [0.2, 0.25) is 0 Å². The molecule has 2 N–H and O–H groups in total. The predicted molar refractivity (Wildman–Crippen MR) is 67.1 cm³/mol. The van der Waals surface area contributed by atoms with Gasteiger partial charge in [0.25, 0.3) is 0 Å². The Morgan fingerprint density at radius 2 is 2.06 bits per heavy atom. The molecule has 0 aliphatic heterocycles. The fourth-order valence-corrected chi connectivity index (χ4v) is 1.75. The summed E-state index contributed by atoms with van der Waals surface area (Å²) in [4.78, 5) is 0. The molecule has 0 aliphatic rings.